The summed E-state index contributed by atoms with van der Waals surface area (Å²) in [6, 6.07) is 22.0. The second kappa shape index (κ2) is 7.38. The lowest BCUT2D eigenvalue weighted by molar-refractivity contribution is 0.381. The molecule has 0 nitrogen and oxygen atoms in total. The first-order chi connectivity index (χ1) is 11.8. The normalized spacial score (nSPS) is 16.3. The Morgan fingerprint density at radius 2 is 1.12 bits per heavy atom. The van der Waals surface area contributed by atoms with E-state index in [1.165, 1.54) is 32.4 Å². The highest BCUT2D eigenvalue weighted by molar-refractivity contribution is 8.03. The van der Waals surface area contributed by atoms with Crippen LogP contribution < -0.4 is 0 Å². The van der Waals surface area contributed by atoms with Gasteiger partial charge in [0.1, 0.15) is 0 Å². The minimum absolute atomic E-state index is 0.300. The highest BCUT2D eigenvalue weighted by Crippen LogP contribution is 2.46. The number of thioether (sulfide) groups is 2. The molecule has 0 bridgehead atoms. The maximum absolute atomic E-state index is 2.31. The van der Waals surface area contributed by atoms with E-state index in [0.29, 0.717) is 5.41 Å². The number of thiophene rings is 1. The monoisotopic (exact) mass is 368 g/mol. The van der Waals surface area contributed by atoms with Crippen LogP contribution in [-0.4, -0.2) is 11.5 Å². The fourth-order valence-electron chi connectivity index (χ4n) is 3.31. The number of benzene rings is 2. The molecular formula is C21H20S3. The second-order valence-electron chi connectivity index (χ2n) is 6.50. The molecule has 3 heteroatoms. The highest BCUT2D eigenvalue weighted by atomic mass is 32.2. The van der Waals surface area contributed by atoms with Crippen molar-refractivity contribution in [2.75, 3.05) is 11.5 Å². The zero-order chi connectivity index (χ0) is 16.2. The first-order valence-corrected chi connectivity index (χ1v) is 11.1. The Hall–Kier alpha value is -1.16. The van der Waals surface area contributed by atoms with E-state index < -0.39 is 0 Å². The Bertz CT molecular complexity index is 711. The summed E-state index contributed by atoms with van der Waals surface area (Å²) in [7, 11) is 0. The minimum atomic E-state index is 0.300. The van der Waals surface area contributed by atoms with Crippen molar-refractivity contribution in [1.29, 1.82) is 0 Å². The van der Waals surface area contributed by atoms with Crippen molar-refractivity contribution < 1.29 is 0 Å². The van der Waals surface area contributed by atoms with Gasteiger partial charge in [-0.25, -0.2) is 0 Å². The van der Waals surface area contributed by atoms with Crippen LogP contribution in [-0.2, 0) is 12.8 Å². The fraction of sp³-hybridized carbons (Fsp3) is 0.238. The quantitative estimate of drug-likeness (QED) is 0.521. The molecule has 0 radical (unpaired) electrons. The van der Waals surface area contributed by atoms with Crippen molar-refractivity contribution in [1.82, 2.24) is 0 Å². The van der Waals surface area contributed by atoms with Gasteiger partial charge in [0.05, 0.1) is 0 Å². The van der Waals surface area contributed by atoms with E-state index in [0.717, 1.165) is 12.8 Å². The van der Waals surface area contributed by atoms with Crippen molar-refractivity contribution >= 4 is 34.9 Å². The molecule has 2 heterocycles. The van der Waals surface area contributed by atoms with E-state index >= 15 is 0 Å². The first kappa shape index (κ1) is 16.3. The Labute approximate surface area is 156 Å². The lowest BCUT2D eigenvalue weighted by atomic mass is 9.79. The highest BCUT2D eigenvalue weighted by Gasteiger charge is 2.34. The summed E-state index contributed by atoms with van der Waals surface area (Å²) in [5.74, 6) is 2.38. The van der Waals surface area contributed by atoms with Gasteiger partial charge in [-0.1, -0.05) is 60.7 Å². The largest absolute Gasteiger partial charge is 0.150 e. The Morgan fingerprint density at radius 3 is 1.58 bits per heavy atom. The number of hydrogen-bond acceptors (Lipinski definition) is 3. The molecule has 0 atom stereocenters. The van der Waals surface area contributed by atoms with E-state index in [-0.39, 0.29) is 0 Å². The summed E-state index contributed by atoms with van der Waals surface area (Å²) in [5.41, 5.74) is 3.22. The van der Waals surface area contributed by atoms with Gasteiger partial charge in [0.25, 0.3) is 0 Å². The smallest absolute Gasteiger partial charge is 0.0315 e. The fourth-order valence-corrected chi connectivity index (χ4v) is 7.33. The van der Waals surface area contributed by atoms with Gasteiger partial charge in [-0.15, -0.1) is 23.5 Å². The number of fused-ring (bicyclic) bond motifs is 1. The second-order valence-corrected chi connectivity index (χ2v) is 9.28. The summed E-state index contributed by atoms with van der Waals surface area (Å²) >= 11 is 5.93. The molecule has 0 fully saturated rings. The standard InChI is InChI=1S/C21H20S3/c1-3-7-17(8-4-1)11-21(12-18-9-5-2-6-10-18)15-23-19-13-22-14-20(19)24-16-21/h1-10,13-14H,11-12,15-16H2. The molecule has 1 aliphatic heterocycles. The van der Waals surface area contributed by atoms with Crippen LogP contribution in [0.1, 0.15) is 11.1 Å². The Kier molecular flexibility index (Phi) is 5.02. The predicted octanol–water partition coefficient (Wildman–Crippen LogP) is 6.42. The molecule has 0 spiro atoms. The van der Waals surface area contributed by atoms with E-state index in [2.05, 4.69) is 94.9 Å². The Balaban J connectivity index is 1.63. The molecule has 4 rings (SSSR count). The summed E-state index contributed by atoms with van der Waals surface area (Å²) in [5, 5.41) is 4.63. The SMILES string of the molecule is c1ccc(CC2(Cc3ccccc3)CSc3cscc3SC2)cc1. The number of hydrogen-bond donors (Lipinski definition) is 0. The van der Waals surface area contributed by atoms with E-state index in [4.69, 9.17) is 0 Å². The molecule has 2 aromatic carbocycles. The minimum Gasteiger partial charge on any atom is -0.150 e. The summed E-state index contributed by atoms with van der Waals surface area (Å²) in [6.45, 7) is 0. The van der Waals surface area contributed by atoms with Gasteiger partial charge < -0.3 is 0 Å². The average Bonchev–Trinajstić information content (AvgIpc) is 3.01. The van der Waals surface area contributed by atoms with Crippen LogP contribution in [0.4, 0.5) is 0 Å². The van der Waals surface area contributed by atoms with Crippen LogP contribution in [0.15, 0.2) is 81.2 Å². The molecule has 0 N–H and O–H groups in total. The van der Waals surface area contributed by atoms with Gasteiger partial charge in [-0.05, 0) is 29.4 Å². The van der Waals surface area contributed by atoms with Crippen LogP contribution in [0.3, 0.4) is 0 Å². The molecule has 3 aromatic rings. The average molecular weight is 369 g/mol. The van der Waals surface area contributed by atoms with E-state index in [9.17, 15) is 0 Å². The molecule has 0 saturated heterocycles. The van der Waals surface area contributed by atoms with Crippen molar-refractivity contribution in [3.63, 3.8) is 0 Å². The Morgan fingerprint density at radius 1 is 0.667 bits per heavy atom. The van der Waals surface area contributed by atoms with E-state index in [1.807, 2.05) is 11.3 Å². The zero-order valence-corrected chi connectivity index (χ0v) is 15.9. The van der Waals surface area contributed by atoms with Crippen LogP contribution in [0.5, 0.6) is 0 Å². The predicted molar refractivity (Wildman–Crippen MR) is 108 cm³/mol. The van der Waals surface area contributed by atoms with Gasteiger partial charge in [-0.2, -0.15) is 11.3 Å². The van der Waals surface area contributed by atoms with Crippen molar-refractivity contribution in [2.24, 2.45) is 5.41 Å². The lowest BCUT2D eigenvalue weighted by Gasteiger charge is -2.32. The van der Waals surface area contributed by atoms with Crippen LogP contribution in [0.2, 0.25) is 0 Å². The number of rotatable bonds is 4. The summed E-state index contributed by atoms with van der Waals surface area (Å²) < 4.78 is 0. The molecule has 0 unspecified atom stereocenters. The molecule has 0 saturated carbocycles. The summed E-state index contributed by atoms with van der Waals surface area (Å²) in [4.78, 5) is 2.96. The van der Waals surface area contributed by atoms with Gasteiger partial charge in [0.2, 0.25) is 0 Å². The van der Waals surface area contributed by atoms with Crippen LogP contribution in [0.25, 0.3) is 0 Å². The molecule has 0 amide bonds. The lowest BCUT2D eigenvalue weighted by Crippen LogP contribution is -2.32. The molecule has 24 heavy (non-hydrogen) atoms. The van der Waals surface area contributed by atoms with Gasteiger partial charge >= 0.3 is 0 Å². The molecular weight excluding hydrogens is 348 g/mol. The topological polar surface area (TPSA) is 0 Å². The van der Waals surface area contributed by atoms with Crippen molar-refractivity contribution in [3.8, 4) is 0 Å². The van der Waals surface area contributed by atoms with Gasteiger partial charge in [0.15, 0.2) is 0 Å². The van der Waals surface area contributed by atoms with Gasteiger partial charge in [-0.3, -0.25) is 0 Å². The van der Waals surface area contributed by atoms with Crippen LogP contribution in [0, 0.1) is 5.41 Å². The zero-order valence-electron chi connectivity index (χ0n) is 13.5. The van der Waals surface area contributed by atoms with Crippen LogP contribution >= 0.6 is 34.9 Å². The van der Waals surface area contributed by atoms with E-state index in [1.54, 1.807) is 0 Å². The van der Waals surface area contributed by atoms with Crippen molar-refractivity contribution in [2.45, 2.75) is 22.6 Å². The molecule has 0 aliphatic carbocycles. The third-order valence-electron chi connectivity index (χ3n) is 4.50. The summed E-state index contributed by atoms with van der Waals surface area (Å²) in [6.07, 6.45) is 2.30. The first-order valence-electron chi connectivity index (χ1n) is 8.23. The molecule has 122 valence electrons. The molecule has 1 aliphatic rings. The van der Waals surface area contributed by atoms with Gasteiger partial charge in [0, 0.05) is 32.1 Å². The third kappa shape index (κ3) is 3.74. The third-order valence-corrected chi connectivity index (χ3v) is 8.49. The maximum Gasteiger partial charge on any atom is 0.0315 e. The van der Waals surface area contributed by atoms with Crippen molar-refractivity contribution in [3.05, 3.63) is 82.6 Å². The molecule has 1 aromatic heterocycles. The maximum atomic E-state index is 2.31.